The number of halogens is 2. The van der Waals surface area contributed by atoms with E-state index < -0.39 is 6.10 Å². The minimum absolute atomic E-state index is 0.254. The summed E-state index contributed by atoms with van der Waals surface area (Å²) in [5, 5.41) is 10.2. The maximum atomic E-state index is 9.96. The molecule has 84 valence electrons. The third-order valence-corrected chi connectivity index (χ3v) is 3.18. The van der Waals surface area contributed by atoms with Crippen LogP contribution in [-0.4, -0.2) is 5.11 Å². The molecule has 0 amide bonds. The SMILES string of the molecule is OC(Cc1ccc(Br)cc1)c1ccoc1Cl. The standard InChI is InChI=1S/C12H10BrClO2/c13-9-3-1-8(2-4-9)7-11(15)10-5-6-16-12(10)14/h1-6,11,15H,7H2. The predicted molar refractivity (Wildman–Crippen MR) is 66.5 cm³/mol. The van der Waals surface area contributed by atoms with Crippen LogP contribution in [0, 0.1) is 0 Å². The van der Waals surface area contributed by atoms with Gasteiger partial charge in [0, 0.05) is 16.5 Å². The van der Waals surface area contributed by atoms with Crippen molar-refractivity contribution in [3.63, 3.8) is 0 Å². The molecule has 0 spiro atoms. The average Bonchev–Trinajstić information content (AvgIpc) is 2.68. The summed E-state index contributed by atoms with van der Waals surface area (Å²) >= 11 is 9.16. The molecule has 0 fully saturated rings. The van der Waals surface area contributed by atoms with E-state index in [4.69, 9.17) is 16.0 Å². The van der Waals surface area contributed by atoms with Gasteiger partial charge in [0.1, 0.15) is 0 Å². The molecule has 0 radical (unpaired) electrons. The lowest BCUT2D eigenvalue weighted by Gasteiger charge is -2.08. The summed E-state index contributed by atoms with van der Waals surface area (Å²) in [5.41, 5.74) is 1.68. The van der Waals surface area contributed by atoms with E-state index in [1.165, 1.54) is 6.26 Å². The Morgan fingerprint density at radius 1 is 1.25 bits per heavy atom. The topological polar surface area (TPSA) is 33.4 Å². The van der Waals surface area contributed by atoms with Gasteiger partial charge in [-0.2, -0.15) is 0 Å². The molecular formula is C12H10BrClO2. The van der Waals surface area contributed by atoms with Crippen LogP contribution in [0.4, 0.5) is 0 Å². The maximum Gasteiger partial charge on any atom is 0.198 e. The monoisotopic (exact) mass is 300 g/mol. The summed E-state index contributed by atoms with van der Waals surface area (Å²) in [5.74, 6) is 0. The van der Waals surface area contributed by atoms with Crippen LogP contribution in [0.2, 0.25) is 5.22 Å². The Balaban J connectivity index is 2.10. The van der Waals surface area contributed by atoms with Crippen molar-refractivity contribution >= 4 is 27.5 Å². The molecule has 1 aromatic carbocycles. The molecule has 0 bridgehead atoms. The van der Waals surface area contributed by atoms with Crippen LogP contribution in [0.25, 0.3) is 0 Å². The summed E-state index contributed by atoms with van der Waals surface area (Å²) in [6, 6.07) is 9.49. The molecule has 1 aromatic heterocycles. The van der Waals surface area contributed by atoms with Gasteiger partial charge in [0.25, 0.3) is 0 Å². The molecule has 2 nitrogen and oxygen atoms in total. The Morgan fingerprint density at radius 3 is 2.50 bits per heavy atom. The number of hydrogen-bond donors (Lipinski definition) is 1. The normalized spacial score (nSPS) is 12.7. The van der Waals surface area contributed by atoms with Crippen LogP contribution < -0.4 is 0 Å². The van der Waals surface area contributed by atoms with Crippen LogP contribution >= 0.6 is 27.5 Å². The predicted octanol–water partition coefficient (Wildman–Crippen LogP) is 3.97. The molecule has 16 heavy (non-hydrogen) atoms. The highest BCUT2D eigenvalue weighted by molar-refractivity contribution is 9.10. The highest BCUT2D eigenvalue weighted by Crippen LogP contribution is 2.26. The van der Waals surface area contributed by atoms with Crippen LogP contribution in [0.5, 0.6) is 0 Å². The van der Waals surface area contributed by atoms with Crippen molar-refractivity contribution < 1.29 is 9.52 Å². The van der Waals surface area contributed by atoms with Gasteiger partial charge in [0.2, 0.25) is 0 Å². The first-order chi connectivity index (χ1) is 7.66. The van der Waals surface area contributed by atoms with E-state index in [-0.39, 0.29) is 5.22 Å². The number of hydrogen-bond acceptors (Lipinski definition) is 2. The number of furan rings is 1. The van der Waals surface area contributed by atoms with E-state index in [1.54, 1.807) is 6.07 Å². The minimum Gasteiger partial charge on any atom is -0.453 e. The number of rotatable bonds is 3. The number of aliphatic hydroxyl groups excluding tert-OH is 1. The fraction of sp³-hybridized carbons (Fsp3) is 0.167. The van der Waals surface area contributed by atoms with Crippen molar-refractivity contribution in [2.24, 2.45) is 0 Å². The summed E-state index contributed by atoms with van der Waals surface area (Å²) in [4.78, 5) is 0. The maximum absolute atomic E-state index is 9.96. The smallest absolute Gasteiger partial charge is 0.198 e. The summed E-state index contributed by atoms with van der Waals surface area (Å²) in [6.07, 6.45) is 1.36. The largest absolute Gasteiger partial charge is 0.453 e. The molecule has 0 aliphatic rings. The fourth-order valence-corrected chi connectivity index (χ4v) is 2.00. The second-order valence-electron chi connectivity index (χ2n) is 3.50. The number of benzene rings is 1. The first kappa shape index (κ1) is 11.7. The molecular weight excluding hydrogens is 291 g/mol. The van der Waals surface area contributed by atoms with Crippen molar-refractivity contribution in [2.75, 3.05) is 0 Å². The Bertz CT molecular complexity index is 464. The molecule has 0 aliphatic carbocycles. The van der Waals surface area contributed by atoms with Gasteiger partial charge in [-0.1, -0.05) is 28.1 Å². The van der Waals surface area contributed by atoms with Gasteiger partial charge >= 0.3 is 0 Å². The molecule has 2 rings (SSSR count). The minimum atomic E-state index is -0.632. The Hall–Kier alpha value is -0.770. The zero-order valence-electron chi connectivity index (χ0n) is 8.36. The van der Waals surface area contributed by atoms with Crippen molar-refractivity contribution in [1.29, 1.82) is 0 Å². The van der Waals surface area contributed by atoms with Gasteiger partial charge in [-0.25, -0.2) is 0 Å². The highest BCUT2D eigenvalue weighted by Gasteiger charge is 2.14. The number of aliphatic hydroxyl groups is 1. The van der Waals surface area contributed by atoms with Crippen LogP contribution in [0.15, 0.2) is 45.5 Å². The molecule has 4 heteroatoms. The molecule has 1 heterocycles. The third kappa shape index (κ3) is 2.67. The highest BCUT2D eigenvalue weighted by atomic mass is 79.9. The lowest BCUT2D eigenvalue weighted by atomic mass is 10.0. The van der Waals surface area contributed by atoms with Crippen molar-refractivity contribution in [3.05, 3.63) is 57.4 Å². The van der Waals surface area contributed by atoms with Gasteiger partial charge in [-0.05, 0) is 35.4 Å². The molecule has 0 saturated carbocycles. The average molecular weight is 302 g/mol. The van der Waals surface area contributed by atoms with Gasteiger partial charge in [-0.15, -0.1) is 0 Å². The first-order valence-corrected chi connectivity index (χ1v) is 5.99. The van der Waals surface area contributed by atoms with Gasteiger partial charge < -0.3 is 9.52 Å². The molecule has 0 aliphatic heterocycles. The van der Waals surface area contributed by atoms with Gasteiger partial charge in [0.15, 0.2) is 5.22 Å². The first-order valence-electron chi connectivity index (χ1n) is 4.82. The second kappa shape index (κ2) is 5.04. The van der Waals surface area contributed by atoms with Crippen molar-refractivity contribution in [1.82, 2.24) is 0 Å². The van der Waals surface area contributed by atoms with E-state index in [0.717, 1.165) is 10.0 Å². The third-order valence-electron chi connectivity index (χ3n) is 2.35. The molecule has 0 saturated heterocycles. The molecule has 1 atom stereocenters. The van der Waals surface area contributed by atoms with E-state index in [0.29, 0.717) is 12.0 Å². The van der Waals surface area contributed by atoms with Gasteiger partial charge in [-0.3, -0.25) is 0 Å². The zero-order valence-corrected chi connectivity index (χ0v) is 10.7. The second-order valence-corrected chi connectivity index (χ2v) is 4.75. The van der Waals surface area contributed by atoms with E-state index >= 15 is 0 Å². The Morgan fingerprint density at radius 2 is 1.94 bits per heavy atom. The summed E-state index contributed by atoms with van der Waals surface area (Å²) < 4.78 is 5.96. The molecule has 2 aromatic rings. The lowest BCUT2D eigenvalue weighted by Crippen LogP contribution is -2.00. The summed E-state index contributed by atoms with van der Waals surface area (Å²) in [6.45, 7) is 0. The van der Waals surface area contributed by atoms with E-state index in [2.05, 4.69) is 15.9 Å². The fourth-order valence-electron chi connectivity index (χ4n) is 1.50. The van der Waals surface area contributed by atoms with Crippen molar-refractivity contribution in [3.8, 4) is 0 Å². The molecule has 1 unspecified atom stereocenters. The Labute approximate surface area is 107 Å². The van der Waals surface area contributed by atoms with Crippen LogP contribution in [0.1, 0.15) is 17.2 Å². The van der Waals surface area contributed by atoms with Crippen LogP contribution in [0.3, 0.4) is 0 Å². The zero-order chi connectivity index (χ0) is 11.5. The lowest BCUT2D eigenvalue weighted by molar-refractivity contribution is 0.177. The van der Waals surface area contributed by atoms with Crippen LogP contribution in [-0.2, 0) is 6.42 Å². The molecule has 1 N–H and O–H groups in total. The quantitative estimate of drug-likeness (QED) is 0.930. The summed E-state index contributed by atoms with van der Waals surface area (Å²) in [7, 11) is 0. The van der Waals surface area contributed by atoms with E-state index in [1.807, 2.05) is 24.3 Å². The Kier molecular flexibility index (Phi) is 3.69. The van der Waals surface area contributed by atoms with E-state index in [9.17, 15) is 5.11 Å². The van der Waals surface area contributed by atoms with Crippen molar-refractivity contribution in [2.45, 2.75) is 12.5 Å². The van der Waals surface area contributed by atoms with Gasteiger partial charge in [0.05, 0.1) is 12.4 Å².